The Balaban J connectivity index is 1.50. The van der Waals surface area contributed by atoms with E-state index in [0.29, 0.717) is 18.1 Å². The first-order chi connectivity index (χ1) is 16.6. The second kappa shape index (κ2) is 10.7. The Morgan fingerprint density at radius 3 is 2.41 bits per heavy atom. The monoisotopic (exact) mass is 454 g/mol. The second-order valence-corrected chi connectivity index (χ2v) is 8.67. The van der Waals surface area contributed by atoms with E-state index in [1.807, 2.05) is 65.6 Å². The largest absolute Gasteiger partial charge is 0.359 e. The topological polar surface area (TPSA) is 94.2 Å². The van der Waals surface area contributed by atoms with E-state index in [0.717, 1.165) is 31.4 Å². The van der Waals surface area contributed by atoms with Gasteiger partial charge in [0.25, 0.3) is 5.91 Å². The third-order valence-electron chi connectivity index (χ3n) is 6.69. The van der Waals surface area contributed by atoms with Crippen molar-refractivity contribution in [3.63, 3.8) is 0 Å². The van der Waals surface area contributed by atoms with E-state index in [1.54, 1.807) is 7.05 Å². The van der Waals surface area contributed by atoms with Crippen molar-refractivity contribution in [3.05, 3.63) is 90.3 Å². The van der Waals surface area contributed by atoms with Crippen LogP contribution in [0.1, 0.15) is 41.6 Å². The van der Waals surface area contributed by atoms with Crippen LogP contribution in [-0.4, -0.2) is 36.1 Å². The predicted molar refractivity (Wildman–Crippen MR) is 134 cm³/mol. The molecule has 1 fully saturated rings. The number of nitrogens with zero attached hydrogens (tertiary/aromatic N) is 3. The van der Waals surface area contributed by atoms with Gasteiger partial charge in [0.15, 0.2) is 0 Å². The molecule has 1 heterocycles. The van der Waals surface area contributed by atoms with Crippen LogP contribution < -0.4 is 16.0 Å². The quantitative estimate of drug-likeness (QED) is 0.301. The molecule has 0 spiro atoms. The molecule has 1 amide bonds. The Labute approximate surface area is 200 Å². The van der Waals surface area contributed by atoms with Gasteiger partial charge in [-0.15, -0.1) is 4.99 Å². The van der Waals surface area contributed by atoms with E-state index < -0.39 is 0 Å². The number of para-hydroxylation sites is 1. The lowest BCUT2D eigenvalue weighted by Crippen LogP contribution is -2.49. The lowest BCUT2D eigenvalue weighted by atomic mass is 9.68. The van der Waals surface area contributed by atoms with Crippen LogP contribution in [0.15, 0.2) is 84.1 Å². The summed E-state index contributed by atoms with van der Waals surface area (Å²) in [6.07, 6.45) is 9.37. The second-order valence-electron chi connectivity index (χ2n) is 8.67. The van der Waals surface area contributed by atoms with Gasteiger partial charge in [0, 0.05) is 37.4 Å². The summed E-state index contributed by atoms with van der Waals surface area (Å²) in [5.41, 5.74) is 2.61. The summed E-state index contributed by atoms with van der Waals surface area (Å²) >= 11 is 0. The van der Waals surface area contributed by atoms with Crippen LogP contribution in [0.2, 0.25) is 0 Å². The van der Waals surface area contributed by atoms with E-state index in [2.05, 4.69) is 45.2 Å². The number of nitriles is 1. The number of benzene rings is 2. The molecule has 0 saturated heterocycles. The fourth-order valence-corrected chi connectivity index (χ4v) is 4.81. The summed E-state index contributed by atoms with van der Waals surface area (Å²) in [6.45, 7) is 0.563. The number of guanidine groups is 1. The van der Waals surface area contributed by atoms with Gasteiger partial charge in [0.2, 0.25) is 12.2 Å². The molecule has 1 aliphatic rings. The Morgan fingerprint density at radius 2 is 1.74 bits per heavy atom. The molecular weight excluding hydrogens is 424 g/mol. The van der Waals surface area contributed by atoms with Crippen molar-refractivity contribution in [1.82, 2.24) is 20.5 Å². The van der Waals surface area contributed by atoms with E-state index in [1.165, 1.54) is 5.56 Å². The Morgan fingerprint density at radius 1 is 1.06 bits per heavy atom. The number of aliphatic imine (C=N–C) groups is 1. The fourth-order valence-electron chi connectivity index (χ4n) is 4.81. The highest BCUT2D eigenvalue weighted by atomic mass is 16.1. The van der Waals surface area contributed by atoms with Crippen molar-refractivity contribution in [2.75, 3.05) is 13.6 Å². The molecule has 0 aliphatic heterocycles. The van der Waals surface area contributed by atoms with E-state index in [-0.39, 0.29) is 17.4 Å². The number of carbonyl (C=O) groups excluding carboxylic acids is 1. The zero-order valence-corrected chi connectivity index (χ0v) is 19.4. The van der Waals surface area contributed by atoms with Crippen LogP contribution in [0.4, 0.5) is 0 Å². The van der Waals surface area contributed by atoms with Crippen molar-refractivity contribution < 1.29 is 4.79 Å². The molecule has 7 nitrogen and oxygen atoms in total. The highest BCUT2D eigenvalue weighted by molar-refractivity contribution is 5.97. The molecule has 0 radical (unpaired) electrons. The molecule has 174 valence electrons. The molecular formula is C27H30N6O. The molecule has 2 aromatic carbocycles. The molecule has 0 atom stereocenters. The van der Waals surface area contributed by atoms with Crippen molar-refractivity contribution in [2.24, 2.45) is 4.99 Å². The minimum absolute atomic E-state index is 0.0709. The molecule has 3 N–H and O–H groups in total. The van der Waals surface area contributed by atoms with Crippen molar-refractivity contribution >= 4 is 11.9 Å². The first-order valence-electron chi connectivity index (χ1n) is 11.6. The summed E-state index contributed by atoms with van der Waals surface area (Å²) < 4.78 is 1.96. The minimum Gasteiger partial charge on any atom is -0.359 e. The van der Waals surface area contributed by atoms with Gasteiger partial charge >= 0.3 is 0 Å². The molecule has 3 aromatic rings. The molecule has 7 heteroatoms. The first kappa shape index (κ1) is 23.1. The van der Waals surface area contributed by atoms with Crippen LogP contribution in [0.25, 0.3) is 5.69 Å². The fraction of sp³-hybridized carbons (Fsp3) is 0.296. The maximum atomic E-state index is 13.3. The van der Waals surface area contributed by atoms with E-state index >= 15 is 0 Å². The zero-order valence-electron chi connectivity index (χ0n) is 19.4. The summed E-state index contributed by atoms with van der Waals surface area (Å²) in [5.74, 6) is 0.424. The van der Waals surface area contributed by atoms with Gasteiger partial charge < -0.3 is 20.5 Å². The standard InChI is InChI=1S/C27H30N6O/c1-29-26(31-20-28)32-22-13-15-27(16-14-22,21-9-3-2-4-10-21)19-30-25(34)23-11-5-6-12-24(23)33-17-7-8-18-33/h2-12,17-18,22H,13-16,19H2,1H3,(H,30,34)(H2,29,31,32)/t22-,27-. The lowest BCUT2D eigenvalue weighted by molar-refractivity contribution is 0.0935. The van der Waals surface area contributed by atoms with E-state index in [9.17, 15) is 4.79 Å². The van der Waals surface area contributed by atoms with Gasteiger partial charge in [-0.3, -0.25) is 4.79 Å². The smallest absolute Gasteiger partial charge is 0.253 e. The molecule has 4 rings (SSSR count). The van der Waals surface area contributed by atoms with Crippen LogP contribution in [0, 0.1) is 11.5 Å². The summed E-state index contributed by atoms with van der Waals surface area (Å²) in [5, 5.41) is 18.4. The number of carbonyl (C=O) groups is 1. The van der Waals surface area contributed by atoms with Gasteiger partial charge in [-0.2, -0.15) is 5.26 Å². The SMILES string of the molecule is CN/C(=N\C#N)N[C@H]1CC[C@](CNC(=O)c2ccccc2-n2cccc2)(c2ccccc2)CC1. The molecule has 0 bridgehead atoms. The maximum Gasteiger partial charge on any atom is 0.253 e. The summed E-state index contributed by atoms with van der Waals surface area (Å²) in [6, 6.07) is 22.2. The number of nitrogens with one attached hydrogen (secondary N) is 3. The Kier molecular flexibility index (Phi) is 7.28. The average Bonchev–Trinajstić information content (AvgIpc) is 3.43. The van der Waals surface area contributed by atoms with Crippen molar-refractivity contribution in [3.8, 4) is 11.9 Å². The van der Waals surface area contributed by atoms with Crippen molar-refractivity contribution in [1.29, 1.82) is 5.26 Å². The average molecular weight is 455 g/mol. The predicted octanol–water partition coefficient (Wildman–Crippen LogP) is 3.73. The first-order valence-corrected chi connectivity index (χ1v) is 11.6. The summed E-state index contributed by atoms with van der Waals surface area (Å²) in [7, 11) is 1.75. The van der Waals surface area contributed by atoms with Crippen LogP contribution in [-0.2, 0) is 5.41 Å². The molecule has 1 aromatic heterocycles. The number of aromatic nitrogens is 1. The zero-order chi connectivity index (χ0) is 23.8. The van der Waals surface area contributed by atoms with Gasteiger partial charge in [-0.1, -0.05) is 42.5 Å². The summed E-state index contributed by atoms with van der Waals surface area (Å²) in [4.78, 5) is 17.1. The number of rotatable bonds is 6. The van der Waals surface area contributed by atoms with Crippen molar-refractivity contribution in [2.45, 2.75) is 37.1 Å². The van der Waals surface area contributed by atoms with Crippen LogP contribution in [0.3, 0.4) is 0 Å². The molecule has 1 aliphatic carbocycles. The minimum atomic E-state index is -0.149. The third kappa shape index (κ3) is 5.12. The van der Waals surface area contributed by atoms with Crippen LogP contribution in [0.5, 0.6) is 0 Å². The number of amides is 1. The number of hydrogen-bond acceptors (Lipinski definition) is 3. The normalized spacial score (nSPS) is 20.2. The van der Waals surface area contributed by atoms with Gasteiger partial charge in [0.05, 0.1) is 11.3 Å². The lowest BCUT2D eigenvalue weighted by Gasteiger charge is -2.41. The van der Waals surface area contributed by atoms with Gasteiger partial charge in [0.1, 0.15) is 0 Å². The van der Waals surface area contributed by atoms with Gasteiger partial charge in [-0.25, -0.2) is 0 Å². The third-order valence-corrected chi connectivity index (χ3v) is 6.69. The molecule has 0 unspecified atom stereocenters. The molecule has 34 heavy (non-hydrogen) atoms. The molecule has 1 saturated carbocycles. The maximum absolute atomic E-state index is 13.3. The van der Waals surface area contributed by atoms with Gasteiger partial charge in [-0.05, 0) is 55.5 Å². The van der Waals surface area contributed by atoms with E-state index in [4.69, 9.17) is 5.26 Å². The highest BCUT2D eigenvalue weighted by Crippen LogP contribution is 2.39. The highest BCUT2D eigenvalue weighted by Gasteiger charge is 2.37. The number of hydrogen-bond donors (Lipinski definition) is 3. The Bertz CT molecular complexity index is 1160. The Hall–Kier alpha value is -4.05. The van der Waals surface area contributed by atoms with Crippen LogP contribution >= 0.6 is 0 Å².